The van der Waals surface area contributed by atoms with E-state index in [1.165, 1.54) is 11.1 Å². The Hall–Kier alpha value is -3.29. The average Bonchev–Trinajstić information content (AvgIpc) is 3.34. The number of fused-ring (bicyclic) bond motifs is 2. The normalized spacial score (nSPS) is 13.4. The first kappa shape index (κ1) is 21.6. The number of imidazole rings is 1. The maximum atomic E-state index is 11.2. The Morgan fingerprint density at radius 1 is 0.970 bits per heavy atom. The van der Waals surface area contributed by atoms with Gasteiger partial charge in [-0.25, -0.2) is 4.98 Å². The van der Waals surface area contributed by atoms with E-state index in [0.29, 0.717) is 13.0 Å². The summed E-state index contributed by atoms with van der Waals surface area (Å²) < 4.78 is 33.7. The number of benzene rings is 3. The van der Waals surface area contributed by atoms with E-state index in [-0.39, 0.29) is 5.75 Å². The van der Waals surface area contributed by atoms with Crippen molar-refractivity contribution in [2.75, 3.05) is 5.75 Å². The molecule has 1 aromatic heterocycles. The van der Waals surface area contributed by atoms with Crippen LogP contribution in [0.3, 0.4) is 0 Å². The van der Waals surface area contributed by atoms with Gasteiger partial charge in [-0.1, -0.05) is 42.0 Å². The summed E-state index contributed by atoms with van der Waals surface area (Å²) in [6, 6.07) is 20.6. The van der Waals surface area contributed by atoms with Crippen LogP contribution in [0.1, 0.15) is 28.7 Å². The number of aliphatic imine (C=N–C) groups is 1. The Morgan fingerprint density at radius 2 is 1.73 bits per heavy atom. The molecule has 1 N–H and O–H groups in total. The molecule has 0 unspecified atom stereocenters. The second-order valence-electron chi connectivity index (χ2n) is 8.67. The zero-order valence-corrected chi connectivity index (χ0v) is 19.4. The molecule has 168 valence electrons. The first-order chi connectivity index (χ1) is 15.8. The number of aromatic nitrogens is 2. The van der Waals surface area contributed by atoms with Crippen molar-refractivity contribution in [1.82, 2.24) is 9.55 Å². The number of nitrogens with zero attached hydrogens (tertiary/aromatic N) is 3. The molecular weight excluding hydrogens is 434 g/mol. The van der Waals surface area contributed by atoms with Crippen molar-refractivity contribution >= 4 is 32.6 Å². The zero-order chi connectivity index (χ0) is 23.2. The summed E-state index contributed by atoms with van der Waals surface area (Å²) in [6.07, 6.45) is 1.09. The molecule has 1 aliphatic heterocycles. The summed E-state index contributed by atoms with van der Waals surface area (Å²) >= 11 is 0. The average molecular weight is 460 g/mol. The Labute approximate surface area is 193 Å². The largest absolute Gasteiger partial charge is 0.324 e. The van der Waals surface area contributed by atoms with Gasteiger partial charge in [-0.15, -0.1) is 0 Å². The van der Waals surface area contributed by atoms with Crippen molar-refractivity contribution in [3.05, 3.63) is 82.9 Å². The van der Waals surface area contributed by atoms with Gasteiger partial charge in [0.2, 0.25) is 0 Å². The van der Waals surface area contributed by atoms with Crippen LogP contribution in [0.5, 0.6) is 0 Å². The fraction of sp³-hybridized carbons (Fsp3) is 0.231. The Kier molecular flexibility index (Phi) is 5.38. The van der Waals surface area contributed by atoms with Crippen LogP contribution in [-0.2, 0) is 23.1 Å². The molecule has 3 aromatic carbocycles. The van der Waals surface area contributed by atoms with Gasteiger partial charge in [0.25, 0.3) is 10.1 Å². The highest BCUT2D eigenvalue weighted by Gasteiger charge is 2.18. The fourth-order valence-electron chi connectivity index (χ4n) is 4.43. The lowest BCUT2D eigenvalue weighted by molar-refractivity contribution is 0.479. The van der Waals surface area contributed by atoms with Crippen LogP contribution < -0.4 is 0 Å². The molecule has 0 amide bonds. The first-order valence-corrected chi connectivity index (χ1v) is 12.6. The van der Waals surface area contributed by atoms with Crippen LogP contribution in [-0.4, -0.2) is 34.0 Å². The molecular formula is C26H25N3O3S. The topological polar surface area (TPSA) is 84.5 Å². The van der Waals surface area contributed by atoms with Crippen LogP contribution in [0.15, 0.2) is 65.7 Å². The summed E-state index contributed by atoms with van der Waals surface area (Å²) in [4.78, 5) is 9.73. The van der Waals surface area contributed by atoms with E-state index in [1.54, 1.807) is 0 Å². The summed E-state index contributed by atoms with van der Waals surface area (Å²) in [6.45, 7) is 4.55. The molecule has 0 radical (unpaired) electrons. The van der Waals surface area contributed by atoms with Crippen molar-refractivity contribution in [1.29, 1.82) is 0 Å². The molecule has 0 saturated heterocycles. The molecule has 1 aliphatic rings. The Balaban J connectivity index is 1.53. The second-order valence-corrected chi connectivity index (χ2v) is 10.2. The van der Waals surface area contributed by atoms with Crippen LogP contribution in [0.4, 0.5) is 5.69 Å². The van der Waals surface area contributed by atoms with Gasteiger partial charge >= 0.3 is 0 Å². The van der Waals surface area contributed by atoms with Gasteiger partial charge in [0.05, 0.1) is 28.2 Å². The summed E-state index contributed by atoms with van der Waals surface area (Å²) in [7, 11) is -4.01. The van der Waals surface area contributed by atoms with E-state index in [1.807, 2.05) is 41.8 Å². The highest BCUT2D eigenvalue weighted by Crippen LogP contribution is 2.32. The molecule has 0 fully saturated rings. The quantitative estimate of drug-likeness (QED) is 0.398. The summed E-state index contributed by atoms with van der Waals surface area (Å²) in [5.41, 5.74) is 9.43. The minimum absolute atomic E-state index is 0.285. The van der Waals surface area contributed by atoms with Crippen LogP contribution in [0.25, 0.3) is 22.4 Å². The van der Waals surface area contributed by atoms with Crippen molar-refractivity contribution < 1.29 is 13.0 Å². The minimum atomic E-state index is -4.01. The fourth-order valence-corrected chi connectivity index (χ4v) is 4.92. The highest BCUT2D eigenvalue weighted by atomic mass is 32.2. The van der Waals surface area contributed by atoms with E-state index in [0.717, 1.165) is 51.4 Å². The predicted molar refractivity (Wildman–Crippen MR) is 132 cm³/mol. The van der Waals surface area contributed by atoms with E-state index in [9.17, 15) is 8.42 Å². The lowest BCUT2D eigenvalue weighted by Crippen LogP contribution is -2.09. The third-order valence-corrected chi connectivity index (χ3v) is 6.79. The molecule has 2 heterocycles. The van der Waals surface area contributed by atoms with Gasteiger partial charge in [0.15, 0.2) is 0 Å². The SMILES string of the molecule is Cc1ccc2c(c1)CC(c1cccc(-c3nc4cc(C)ccc4n3CCCS(=O)(=O)O)c1)=N2. The van der Waals surface area contributed by atoms with Gasteiger partial charge < -0.3 is 4.57 Å². The minimum Gasteiger partial charge on any atom is -0.324 e. The van der Waals surface area contributed by atoms with Crippen molar-refractivity contribution in [2.45, 2.75) is 33.2 Å². The summed E-state index contributed by atoms with van der Waals surface area (Å²) in [5, 5.41) is 0. The Morgan fingerprint density at radius 3 is 2.55 bits per heavy atom. The van der Waals surface area contributed by atoms with Crippen molar-refractivity contribution in [3.63, 3.8) is 0 Å². The number of hydrogen-bond donors (Lipinski definition) is 1. The molecule has 7 heteroatoms. The molecule has 0 saturated carbocycles. The van der Waals surface area contributed by atoms with Crippen LogP contribution in [0.2, 0.25) is 0 Å². The molecule has 33 heavy (non-hydrogen) atoms. The maximum Gasteiger partial charge on any atom is 0.264 e. The van der Waals surface area contributed by atoms with Gasteiger partial charge in [-0.05, 0) is 61.2 Å². The van der Waals surface area contributed by atoms with Crippen molar-refractivity contribution in [3.8, 4) is 11.4 Å². The van der Waals surface area contributed by atoms with Gasteiger partial charge in [0.1, 0.15) is 5.82 Å². The third-order valence-electron chi connectivity index (χ3n) is 5.99. The van der Waals surface area contributed by atoms with E-state index >= 15 is 0 Å². The number of rotatable bonds is 6. The zero-order valence-electron chi connectivity index (χ0n) is 18.6. The monoisotopic (exact) mass is 459 g/mol. The van der Waals surface area contributed by atoms with E-state index in [4.69, 9.17) is 14.5 Å². The highest BCUT2D eigenvalue weighted by molar-refractivity contribution is 7.85. The standard InChI is InChI=1S/C26H25N3O3S/c1-17-7-9-22-21(13-17)16-23(27-22)19-5-3-6-20(15-19)26-28-24-14-18(2)8-10-25(24)29(26)11-4-12-33(30,31)32/h3,5-10,13-15H,4,11-12,16H2,1-2H3,(H,30,31,32). The summed E-state index contributed by atoms with van der Waals surface area (Å²) in [5.74, 6) is 0.492. The smallest absolute Gasteiger partial charge is 0.264 e. The molecule has 0 aliphatic carbocycles. The molecule has 6 nitrogen and oxygen atoms in total. The van der Waals surface area contributed by atoms with Crippen LogP contribution >= 0.6 is 0 Å². The lowest BCUT2D eigenvalue weighted by Gasteiger charge is -2.10. The van der Waals surface area contributed by atoms with E-state index < -0.39 is 10.1 Å². The second kappa shape index (κ2) is 8.24. The molecule has 0 bridgehead atoms. The van der Waals surface area contributed by atoms with Gasteiger partial charge in [-0.3, -0.25) is 9.55 Å². The first-order valence-electron chi connectivity index (χ1n) is 11.0. The lowest BCUT2D eigenvalue weighted by atomic mass is 10.0. The van der Waals surface area contributed by atoms with E-state index in [2.05, 4.69) is 37.3 Å². The number of hydrogen-bond acceptors (Lipinski definition) is 4. The maximum absolute atomic E-state index is 11.2. The van der Waals surface area contributed by atoms with Crippen LogP contribution in [0, 0.1) is 13.8 Å². The Bertz CT molecular complexity index is 1520. The molecule has 0 spiro atoms. The number of aryl methyl sites for hydroxylation is 3. The van der Waals surface area contributed by atoms with Gasteiger partial charge in [0, 0.05) is 18.5 Å². The molecule has 5 rings (SSSR count). The van der Waals surface area contributed by atoms with Gasteiger partial charge in [-0.2, -0.15) is 8.42 Å². The predicted octanol–water partition coefficient (Wildman–Crippen LogP) is 5.27. The van der Waals surface area contributed by atoms with Crippen molar-refractivity contribution in [2.24, 2.45) is 4.99 Å². The third kappa shape index (κ3) is 4.47. The molecule has 4 aromatic rings. The molecule has 0 atom stereocenters.